The van der Waals surface area contributed by atoms with Crippen molar-refractivity contribution in [2.45, 2.75) is 11.6 Å². The number of nitrogens with one attached hydrogen (secondary N) is 1. The first-order valence-electron chi connectivity index (χ1n) is 8.20. The minimum absolute atomic E-state index is 0.153. The van der Waals surface area contributed by atoms with Crippen LogP contribution in [0.15, 0.2) is 58.5 Å². The minimum atomic E-state index is -3.20. The number of fused-ring (bicyclic) bond motifs is 1. The quantitative estimate of drug-likeness (QED) is 0.359. The molecule has 0 aliphatic carbocycles. The SMILES string of the molecule is CS(=O)(=O)NCCCSc1nc2ccccc2c(=O)n1-c1ccc(Cl)cc1. The fourth-order valence-electron chi connectivity index (χ4n) is 2.52. The smallest absolute Gasteiger partial charge is 0.266 e. The van der Waals surface area contributed by atoms with E-state index in [0.29, 0.717) is 45.5 Å². The maximum absolute atomic E-state index is 13.0. The first-order chi connectivity index (χ1) is 12.8. The van der Waals surface area contributed by atoms with Crippen LogP contribution in [0, 0.1) is 0 Å². The molecule has 0 amide bonds. The van der Waals surface area contributed by atoms with Crippen molar-refractivity contribution in [2.24, 2.45) is 0 Å². The van der Waals surface area contributed by atoms with Crippen LogP contribution in [0.1, 0.15) is 6.42 Å². The molecule has 0 atom stereocenters. The number of rotatable bonds is 7. The van der Waals surface area contributed by atoms with Gasteiger partial charge in [0.2, 0.25) is 10.0 Å². The zero-order valence-corrected chi connectivity index (χ0v) is 16.9. The summed E-state index contributed by atoms with van der Waals surface area (Å²) in [5.74, 6) is 0.612. The second-order valence-corrected chi connectivity index (χ2v) is 9.23. The van der Waals surface area contributed by atoms with E-state index in [-0.39, 0.29) is 5.56 Å². The maximum atomic E-state index is 13.0. The molecule has 0 radical (unpaired) electrons. The molecular formula is C18H18ClN3O3S2. The van der Waals surface area contributed by atoms with Crippen LogP contribution < -0.4 is 10.3 Å². The Hall–Kier alpha value is -1.87. The number of nitrogens with zero attached hydrogens (tertiary/aromatic N) is 2. The third-order valence-corrected chi connectivity index (χ3v) is 5.75. The molecule has 0 fully saturated rings. The Morgan fingerprint density at radius 2 is 1.85 bits per heavy atom. The third kappa shape index (κ3) is 5.10. The first-order valence-corrected chi connectivity index (χ1v) is 11.5. The number of sulfonamides is 1. The highest BCUT2D eigenvalue weighted by Gasteiger charge is 2.13. The molecule has 1 N–H and O–H groups in total. The van der Waals surface area contributed by atoms with E-state index in [2.05, 4.69) is 9.71 Å². The molecule has 0 unspecified atom stereocenters. The van der Waals surface area contributed by atoms with Crippen LogP contribution in [0.5, 0.6) is 0 Å². The van der Waals surface area contributed by atoms with Crippen molar-refractivity contribution in [1.82, 2.24) is 14.3 Å². The van der Waals surface area contributed by atoms with Crippen molar-refractivity contribution in [3.63, 3.8) is 0 Å². The summed E-state index contributed by atoms with van der Waals surface area (Å²) in [6.45, 7) is 0.338. The zero-order valence-electron chi connectivity index (χ0n) is 14.6. The molecule has 1 aromatic heterocycles. The predicted molar refractivity (Wildman–Crippen MR) is 111 cm³/mol. The van der Waals surface area contributed by atoms with Crippen molar-refractivity contribution >= 4 is 44.3 Å². The van der Waals surface area contributed by atoms with Crippen molar-refractivity contribution in [3.8, 4) is 5.69 Å². The fourth-order valence-corrected chi connectivity index (χ4v) is 4.11. The van der Waals surface area contributed by atoms with E-state index >= 15 is 0 Å². The topological polar surface area (TPSA) is 81.1 Å². The number of para-hydroxylation sites is 1. The summed E-state index contributed by atoms with van der Waals surface area (Å²) in [6, 6.07) is 14.2. The highest BCUT2D eigenvalue weighted by atomic mass is 35.5. The Morgan fingerprint density at radius 3 is 2.56 bits per heavy atom. The summed E-state index contributed by atoms with van der Waals surface area (Å²) in [5.41, 5.74) is 1.16. The number of halogens is 1. The number of benzene rings is 2. The number of hydrogen-bond acceptors (Lipinski definition) is 5. The second-order valence-electron chi connectivity index (χ2n) is 5.90. The summed E-state index contributed by atoms with van der Waals surface area (Å²) >= 11 is 7.37. The monoisotopic (exact) mass is 423 g/mol. The summed E-state index contributed by atoms with van der Waals surface area (Å²) in [6.07, 6.45) is 1.74. The average molecular weight is 424 g/mol. The Morgan fingerprint density at radius 1 is 1.15 bits per heavy atom. The van der Waals surface area contributed by atoms with Gasteiger partial charge in [0.05, 0.1) is 22.8 Å². The largest absolute Gasteiger partial charge is 0.268 e. The van der Waals surface area contributed by atoms with Crippen LogP contribution >= 0.6 is 23.4 Å². The Bertz CT molecular complexity index is 1110. The fraction of sp³-hybridized carbons (Fsp3) is 0.222. The minimum Gasteiger partial charge on any atom is -0.268 e. The molecule has 3 rings (SSSR count). The molecule has 0 spiro atoms. The highest BCUT2D eigenvalue weighted by molar-refractivity contribution is 7.99. The van der Waals surface area contributed by atoms with E-state index in [4.69, 9.17) is 11.6 Å². The Balaban J connectivity index is 1.93. The van der Waals surface area contributed by atoms with Crippen molar-refractivity contribution in [3.05, 3.63) is 63.9 Å². The Labute approximate surface area is 166 Å². The molecule has 0 aliphatic rings. The van der Waals surface area contributed by atoms with Gasteiger partial charge in [-0.15, -0.1) is 0 Å². The van der Waals surface area contributed by atoms with Gasteiger partial charge in [-0.1, -0.05) is 35.5 Å². The molecule has 27 heavy (non-hydrogen) atoms. The van der Waals surface area contributed by atoms with Gasteiger partial charge in [-0.3, -0.25) is 9.36 Å². The van der Waals surface area contributed by atoms with Gasteiger partial charge < -0.3 is 0 Å². The van der Waals surface area contributed by atoms with Crippen molar-refractivity contribution < 1.29 is 8.42 Å². The second kappa shape index (κ2) is 8.43. The highest BCUT2D eigenvalue weighted by Crippen LogP contribution is 2.22. The number of aromatic nitrogens is 2. The van der Waals surface area contributed by atoms with E-state index in [0.717, 1.165) is 6.26 Å². The third-order valence-electron chi connectivity index (χ3n) is 3.75. The normalized spacial score (nSPS) is 11.8. The van der Waals surface area contributed by atoms with Gasteiger partial charge in [0, 0.05) is 17.3 Å². The Kier molecular flexibility index (Phi) is 6.21. The molecule has 3 aromatic rings. The van der Waals surface area contributed by atoms with Gasteiger partial charge in [0.1, 0.15) is 0 Å². The summed E-state index contributed by atoms with van der Waals surface area (Å²) in [7, 11) is -3.20. The molecule has 6 nitrogen and oxygen atoms in total. The molecular weight excluding hydrogens is 406 g/mol. The van der Waals surface area contributed by atoms with Crippen LogP contribution in [0.4, 0.5) is 0 Å². The van der Waals surface area contributed by atoms with Crippen molar-refractivity contribution in [2.75, 3.05) is 18.6 Å². The van der Waals surface area contributed by atoms with Gasteiger partial charge in [-0.05, 0) is 42.8 Å². The molecule has 2 aromatic carbocycles. The lowest BCUT2D eigenvalue weighted by atomic mass is 10.2. The van der Waals surface area contributed by atoms with E-state index < -0.39 is 10.0 Å². The lowest BCUT2D eigenvalue weighted by molar-refractivity contribution is 0.587. The van der Waals surface area contributed by atoms with E-state index in [1.807, 2.05) is 6.07 Å². The standard InChI is InChI=1S/C18H18ClN3O3S2/c1-27(24,25)20-11-4-12-26-18-21-16-6-3-2-5-15(16)17(23)22(18)14-9-7-13(19)8-10-14/h2-3,5-10,20H,4,11-12H2,1H3. The van der Waals surface area contributed by atoms with Crippen LogP contribution in [-0.4, -0.2) is 36.5 Å². The van der Waals surface area contributed by atoms with Gasteiger partial charge in [0.15, 0.2) is 5.16 Å². The number of hydrogen-bond donors (Lipinski definition) is 1. The lowest BCUT2D eigenvalue weighted by Crippen LogP contribution is -2.24. The molecule has 0 aliphatic heterocycles. The maximum Gasteiger partial charge on any atom is 0.266 e. The van der Waals surface area contributed by atoms with E-state index in [1.165, 1.54) is 11.8 Å². The van der Waals surface area contributed by atoms with Gasteiger partial charge in [0.25, 0.3) is 5.56 Å². The van der Waals surface area contributed by atoms with Crippen LogP contribution in [0.2, 0.25) is 5.02 Å². The molecule has 9 heteroatoms. The molecule has 1 heterocycles. The molecule has 0 bridgehead atoms. The van der Waals surface area contributed by atoms with Gasteiger partial charge >= 0.3 is 0 Å². The van der Waals surface area contributed by atoms with Gasteiger partial charge in [-0.25, -0.2) is 18.1 Å². The summed E-state index contributed by atoms with van der Waals surface area (Å²) in [4.78, 5) is 17.7. The average Bonchev–Trinajstić information content (AvgIpc) is 2.62. The first kappa shape index (κ1) is 19.9. The predicted octanol–water partition coefficient (Wildman–Crippen LogP) is 3.07. The van der Waals surface area contributed by atoms with Crippen molar-refractivity contribution in [1.29, 1.82) is 0 Å². The molecule has 0 saturated carbocycles. The summed E-state index contributed by atoms with van der Waals surface area (Å²) in [5, 5.41) is 1.68. The molecule has 142 valence electrons. The zero-order chi connectivity index (χ0) is 19.4. The number of thioether (sulfide) groups is 1. The van der Waals surface area contributed by atoms with Crippen LogP contribution in [-0.2, 0) is 10.0 Å². The van der Waals surface area contributed by atoms with E-state index in [1.54, 1.807) is 47.0 Å². The van der Waals surface area contributed by atoms with Crippen LogP contribution in [0.25, 0.3) is 16.6 Å². The lowest BCUT2D eigenvalue weighted by Gasteiger charge is -2.13. The summed E-state index contributed by atoms with van der Waals surface area (Å²) < 4.78 is 26.3. The van der Waals surface area contributed by atoms with Crippen LogP contribution in [0.3, 0.4) is 0 Å². The van der Waals surface area contributed by atoms with E-state index in [9.17, 15) is 13.2 Å². The molecule has 0 saturated heterocycles. The van der Waals surface area contributed by atoms with Gasteiger partial charge in [-0.2, -0.15) is 0 Å².